The van der Waals surface area contributed by atoms with Gasteiger partial charge in [0.05, 0.1) is 11.6 Å². The van der Waals surface area contributed by atoms with Crippen molar-refractivity contribution < 1.29 is 8.81 Å². The Morgan fingerprint density at radius 1 is 1.32 bits per heavy atom. The Morgan fingerprint density at radius 2 is 2.11 bits per heavy atom. The molecule has 1 aromatic heterocycles. The van der Waals surface area contributed by atoms with Crippen molar-refractivity contribution in [1.29, 1.82) is 0 Å². The average Bonchev–Trinajstić information content (AvgIpc) is 2.82. The minimum Gasteiger partial charge on any atom is -0.460 e. The zero-order valence-electron chi connectivity index (χ0n) is 10.2. The van der Waals surface area contributed by atoms with Crippen molar-refractivity contribution in [2.45, 2.75) is 6.54 Å². The van der Waals surface area contributed by atoms with Crippen LogP contribution in [-0.4, -0.2) is 6.54 Å². The summed E-state index contributed by atoms with van der Waals surface area (Å²) < 4.78 is 18.7. The monoisotopic (exact) mass is 301 g/mol. The van der Waals surface area contributed by atoms with Crippen LogP contribution in [0.2, 0.25) is 5.02 Å². The molecule has 19 heavy (non-hydrogen) atoms. The zero-order valence-corrected chi connectivity index (χ0v) is 11.7. The molecule has 1 N–H and O–H groups in total. The van der Waals surface area contributed by atoms with Crippen molar-refractivity contribution in [3.63, 3.8) is 0 Å². The van der Waals surface area contributed by atoms with Crippen molar-refractivity contribution in [3.8, 4) is 11.3 Å². The summed E-state index contributed by atoms with van der Waals surface area (Å²) in [6.45, 7) is 4.97. The normalized spacial score (nSPS) is 10.0. The topological polar surface area (TPSA) is 25.2 Å². The van der Waals surface area contributed by atoms with E-state index in [0.29, 0.717) is 12.3 Å². The van der Waals surface area contributed by atoms with Gasteiger partial charge in [-0.1, -0.05) is 17.7 Å². The fraction of sp³-hybridized carbons (Fsp3) is 0.143. The molecule has 2 aromatic rings. The Kier molecular flexibility index (Phi) is 6.09. The maximum absolute atomic E-state index is 13.0. The maximum atomic E-state index is 13.0. The van der Waals surface area contributed by atoms with Gasteiger partial charge in [0, 0.05) is 12.1 Å². The van der Waals surface area contributed by atoms with Crippen LogP contribution >= 0.6 is 24.0 Å². The molecule has 0 bridgehead atoms. The molecule has 0 aliphatic heterocycles. The lowest BCUT2D eigenvalue weighted by molar-refractivity contribution is 0.502. The third-order valence-corrected chi connectivity index (χ3v) is 2.74. The first-order valence-electron chi connectivity index (χ1n) is 5.56. The lowest BCUT2D eigenvalue weighted by Gasteiger charge is -2.00. The van der Waals surface area contributed by atoms with Gasteiger partial charge in [-0.05, 0) is 30.3 Å². The maximum Gasteiger partial charge on any atom is 0.141 e. The van der Waals surface area contributed by atoms with Crippen molar-refractivity contribution in [2.75, 3.05) is 6.54 Å². The SMILES string of the molecule is C=CCNCc1ccc(-c2ccc(F)c(Cl)c2)o1.Cl. The number of halogens is 3. The molecule has 2 nitrogen and oxygen atoms in total. The van der Waals surface area contributed by atoms with Crippen LogP contribution in [-0.2, 0) is 6.54 Å². The van der Waals surface area contributed by atoms with Crippen molar-refractivity contribution in [1.82, 2.24) is 5.32 Å². The fourth-order valence-corrected chi connectivity index (χ4v) is 1.76. The van der Waals surface area contributed by atoms with E-state index in [1.54, 1.807) is 18.2 Å². The summed E-state index contributed by atoms with van der Waals surface area (Å²) in [5, 5.41) is 3.23. The zero-order chi connectivity index (χ0) is 13.0. The Labute approximate surface area is 122 Å². The first-order chi connectivity index (χ1) is 8.70. The molecule has 5 heteroatoms. The van der Waals surface area contributed by atoms with E-state index in [1.807, 2.05) is 12.1 Å². The number of rotatable bonds is 5. The Balaban J connectivity index is 0.00000180. The molecule has 102 valence electrons. The second-order valence-electron chi connectivity index (χ2n) is 3.81. The lowest BCUT2D eigenvalue weighted by atomic mass is 10.2. The van der Waals surface area contributed by atoms with E-state index < -0.39 is 5.82 Å². The summed E-state index contributed by atoms with van der Waals surface area (Å²) >= 11 is 5.73. The third-order valence-electron chi connectivity index (χ3n) is 2.45. The summed E-state index contributed by atoms with van der Waals surface area (Å²) in [5.74, 6) is 1.06. The summed E-state index contributed by atoms with van der Waals surface area (Å²) in [6.07, 6.45) is 1.78. The van der Waals surface area contributed by atoms with Gasteiger partial charge in [0.25, 0.3) is 0 Å². The quantitative estimate of drug-likeness (QED) is 0.652. The second kappa shape index (κ2) is 7.34. The van der Waals surface area contributed by atoms with Crippen LogP contribution < -0.4 is 5.32 Å². The molecule has 2 rings (SSSR count). The van der Waals surface area contributed by atoms with Crippen LogP contribution in [0.5, 0.6) is 0 Å². The van der Waals surface area contributed by atoms with Crippen LogP contribution in [0.4, 0.5) is 4.39 Å². The van der Waals surface area contributed by atoms with Gasteiger partial charge in [0.2, 0.25) is 0 Å². The van der Waals surface area contributed by atoms with Gasteiger partial charge in [-0.2, -0.15) is 0 Å². The molecule has 0 fully saturated rings. The molecule has 1 aromatic carbocycles. The van der Waals surface area contributed by atoms with Crippen LogP contribution in [0.3, 0.4) is 0 Å². The van der Waals surface area contributed by atoms with Gasteiger partial charge < -0.3 is 9.73 Å². The van der Waals surface area contributed by atoms with Crippen molar-refractivity contribution in [3.05, 3.63) is 59.6 Å². The fourth-order valence-electron chi connectivity index (χ4n) is 1.57. The van der Waals surface area contributed by atoms with Crippen LogP contribution in [0.25, 0.3) is 11.3 Å². The van der Waals surface area contributed by atoms with Gasteiger partial charge >= 0.3 is 0 Å². The minimum atomic E-state index is -0.431. The Morgan fingerprint density at radius 3 is 2.79 bits per heavy atom. The predicted molar refractivity (Wildman–Crippen MR) is 78.3 cm³/mol. The van der Waals surface area contributed by atoms with Gasteiger partial charge in [-0.25, -0.2) is 4.39 Å². The van der Waals surface area contributed by atoms with Crippen LogP contribution in [0.1, 0.15) is 5.76 Å². The molecule has 0 spiro atoms. The minimum absolute atomic E-state index is 0. The molecule has 0 atom stereocenters. The largest absolute Gasteiger partial charge is 0.460 e. The molecular formula is C14H14Cl2FNO. The highest BCUT2D eigenvalue weighted by Gasteiger charge is 2.07. The first kappa shape index (κ1) is 15.8. The molecule has 0 saturated carbocycles. The van der Waals surface area contributed by atoms with Gasteiger partial charge in [0.15, 0.2) is 0 Å². The highest BCUT2D eigenvalue weighted by atomic mass is 35.5. The molecule has 0 amide bonds. The van der Waals surface area contributed by atoms with Crippen molar-refractivity contribution in [2.24, 2.45) is 0 Å². The molecular weight excluding hydrogens is 288 g/mol. The highest BCUT2D eigenvalue weighted by molar-refractivity contribution is 6.31. The van der Waals surface area contributed by atoms with E-state index in [2.05, 4.69) is 11.9 Å². The first-order valence-corrected chi connectivity index (χ1v) is 5.94. The van der Waals surface area contributed by atoms with Crippen molar-refractivity contribution >= 4 is 24.0 Å². The Hall–Kier alpha value is -1.29. The second-order valence-corrected chi connectivity index (χ2v) is 4.22. The highest BCUT2D eigenvalue weighted by Crippen LogP contribution is 2.26. The van der Waals surface area contributed by atoms with E-state index in [-0.39, 0.29) is 17.4 Å². The van der Waals surface area contributed by atoms with E-state index >= 15 is 0 Å². The van der Waals surface area contributed by atoms with E-state index in [1.165, 1.54) is 6.07 Å². The summed E-state index contributed by atoms with van der Waals surface area (Å²) in [7, 11) is 0. The molecule has 0 aliphatic carbocycles. The number of furan rings is 1. The molecule has 0 unspecified atom stereocenters. The number of hydrogen-bond donors (Lipinski definition) is 1. The number of nitrogens with one attached hydrogen (secondary N) is 1. The molecule has 0 radical (unpaired) electrons. The summed E-state index contributed by atoms with van der Waals surface area (Å²) in [6, 6.07) is 8.24. The average molecular weight is 302 g/mol. The summed E-state index contributed by atoms with van der Waals surface area (Å²) in [4.78, 5) is 0. The lowest BCUT2D eigenvalue weighted by Crippen LogP contribution is -2.11. The molecule has 0 aliphatic rings. The van der Waals surface area contributed by atoms with Crippen LogP contribution in [0.15, 0.2) is 47.4 Å². The Bertz CT molecular complexity index is 554. The molecule has 1 heterocycles. The summed E-state index contributed by atoms with van der Waals surface area (Å²) in [5.41, 5.74) is 0.761. The standard InChI is InChI=1S/C14H13ClFNO.ClH/c1-2-7-17-9-11-4-6-14(18-11)10-3-5-13(16)12(15)8-10;/h2-6,8,17H,1,7,9H2;1H. The van der Waals surface area contributed by atoms with E-state index in [4.69, 9.17) is 16.0 Å². The predicted octanol–water partition coefficient (Wildman–Crippen LogP) is 4.44. The van der Waals surface area contributed by atoms with Crippen LogP contribution in [0, 0.1) is 5.82 Å². The van der Waals surface area contributed by atoms with E-state index in [9.17, 15) is 4.39 Å². The van der Waals surface area contributed by atoms with Gasteiger partial charge in [-0.3, -0.25) is 0 Å². The number of hydrogen-bond acceptors (Lipinski definition) is 2. The molecule has 0 saturated heterocycles. The van der Waals surface area contributed by atoms with E-state index in [0.717, 1.165) is 17.9 Å². The van der Waals surface area contributed by atoms with Gasteiger partial charge in [0.1, 0.15) is 17.3 Å². The number of benzene rings is 1. The smallest absolute Gasteiger partial charge is 0.141 e. The van der Waals surface area contributed by atoms with Gasteiger partial charge in [-0.15, -0.1) is 19.0 Å². The third kappa shape index (κ3) is 4.10.